The highest BCUT2D eigenvalue weighted by Gasteiger charge is 2.12. The van der Waals surface area contributed by atoms with Gasteiger partial charge in [-0.2, -0.15) is 0 Å². The van der Waals surface area contributed by atoms with E-state index in [0.717, 1.165) is 12.8 Å². The molecule has 0 amide bonds. The fourth-order valence-corrected chi connectivity index (χ4v) is 1.16. The standard InChI is InChI=1S/C8H13NO2/c9-4-3-6-1-2-7(10)8(11)5-6/h2,5-6,10-11H,1,3-4,9H2. The van der Waals surface area contributed by atoms with Gasteiger partial charge in [-0.25, -0.2) is 0 Å². The lowest BCUT2D eigenvalue weighted by molar-refractivity contribution is 0.311. The van der Waals surface area contributed by atoms with E-state index in [4.69, 9.17) is 15.9 Å². The van der Waals surface area contributed by atoms with Gasteiger partial charge in [0.05, 0.1) is 0 Å². The van der Waals surface area contributed by atoms with E-state index in [2.05, 4.69) is 0 Å². The molecule has 1 unspecified atom stereocenters. The van der Waals surface area contributed by atoms with Crippen molar-refractivity contribution < 1.29 is 10.2 Å². The van der Waals surface area contributed by atoms with Crippen molar-refractivity contribution in [3.05, 3.63) is 23.7 Å². The van der Waals surface area contributed by atoms with Gasteiger partial charge in [0.1, 0.15) is 0 Å². The van der Waals surface area contributed by atoms with Gasteiger partial charge in [0, 0.05) is 0 Å². The van der Waals surface area contributed by atoms with Crippen molar-refractivity contribution in [2.75, 3.05) is 6.54 Å². The third-order valence-corrected chi connectivity index (χ3v) is 1.81. The third-order valence-electron chi connectivity index (χ3n) is 1.81. The molecule has 0 radical (unpaired) electrons. The van der Waals surface area contributed by atoms with Crippen LogP contribution in [0.4, 0.5) is 0 Å². The first-order valence-electron chi connectivity index (χ1n) is 3.74. The predicted octanol–water partition coefficient (Wildman–Crippen LogP) is 1.24. The Balaban J connectivity index is 2.54. The molecule has 3 heteroatoms. The molecule has 3 nitrogen and oxygen atoms in total. The Labute approximate surface area is 65.8 Å². The summed E-state index contributed by atoms with van der Waals surface area (Å²) >= 11 is 0. The summed E-state index contributed by atoms with van der Waals surface area (Å²) in [4.78, 5) is 0. The van der Waals surface area contributed by atoms with E-state index in [1.54, 1.807) is 12.2 Å². The number of rotatable bonds is 2. The normalized spacial score (nSPS) is 24.3. The molecule has 1 atom stereocenters. The number of nitrogens with two attached hydrogens (primary N) is 1. The second kappa shape index (κ2) is 3.44. The highest BCUT2D eigenvalue weighted by molar-refractivity contribution is 5.22. The fraction of sp³-hybridized carbons (Fsp3) is 0.500. The van der Waals surface area contributed by atoms with Crippen molar-refractivity contribution in [1.82, 2.24) is 0 Å². The first-order chi connectivity index (χ1) is 5.24. The van der Waals surface area contributed by atoms with Gasteiger partial charge >= 0.3 is 0 Å². The molecule has 0 aliphatic heterocycles. The maximum atomic E-state index is 9.08. The van der Waals surface area contributed by atoms with Crippen LogP contribution in [0.1, 0.15) is 12.8 Å². The molecule has 0 spiro atoms. The van der Waals surface area contributed by atoms with Crippen LogP contribution in [0.3, 0.4) is 0 Å². The van der Waals surface area contributed by atoms with Gasteiger partial charge < -0.3 is 15.9 Å². The van der Waals surface area contributed by atoms with Crippen LogP contribution in [-0.2, 0) is 0 Å². The Kier molecular flexibility index (Phi) is 2.54. The maximum Gasteiger partial charge on any atom is 0.153 e. The van der Waals surface area contributed by atoms with E-state index in [0.29, 0.717) is 6.54 Å². The minimum Gasteiger partial charge on any atom is -0.504 e. The zero-order valence-electron chi connectivity index (χ0n) is 6.33. The van der Waals surface area contributed by atoms with Gasteiger partial charge in [0.25, 0.3) is 0 Å². The smallest absolute Gasteiger partial charge is 0.153 e. The molecule has 0 bridgehead atoms. The molecule has 1 aliphatic rings. The van der Waals surface area contributed by atoms with Crippen LogP contribution in [-0.4, -0.2) is 16.8 Å². The van der Waals surface area contributed by atoms with Crippen LogP contribution >= 0.6 is 0 Å². The zero-order chi connectivity index (χ0) is 8.27. The Morgan fingerprint density at radius 2 is 2.18 bits per heavy atom. The Hall–Kier alpha value is -0.960. The van der Waals surface area contributed by atoms with Crippen LogP contribution in [0.5, 0.6) is 0 Å². The van der Waals surface area contributed by atoms with Crippen LogP contribution in [0.2, 0.25) is 0 Å². The SMILES string of the molecule is NCCC1C=C(O)C(O)=CC1. The molecule has 1 rings (SSSR count). The number of hydrogen-bond acceptors (Lipinski definition) is 3. The summed E-state index contributed by atoms with van der Waals surface area (Å²) in [5, 5.41) is 18.1. The predicted molar refractivity (Wildman–Crippen MR) is 43.2 cm³/mol. The van der Waals surface area contributed by atoms with Crippen LogP contribution in [0, 0.1) is 5.92 Å². The second-order valence-corrected chi connectivity index (χ2v) is 2.71. The summed E-state index contributed by atoms with van der Waals surface area (Å²) in [5.41, 5.74) is 5.35. The molecule has 0 aromatic carbocycles. The summed E-state index contributed by atoms with van der Waals surface area (Å²) in [6.07, 6.45) is 4.90. The Bertz CT molecular complexity index is 196. The summed E-state index contributed by atoms with van der Waals surface area (Å²) in [6, 6.07) is 0. The van der Waals surface area contributed by atoms with Gasteiger partial charge in [0.15, 0.2) is 11.5 Å². The Morgan fingerprint density at radius 3 is 2.73 bits per heavy atom. The molecule has 1 aliphatic carbocycles. The summed E-state index contributed by atoms with van der Waals surface area (Å²) < 4.78 is 0. The average molecular weight is 155 g/mol. The molecule has 0 aromatic rings. The second-order valence-electron chi connectivity index (χ2n) is 2.71. The summed E-state index contributed by atoms with van der Waals surface area (Å²) in [7, 11) is 0. The zero-order valence-corrected chi connectivity index (χ0v) is 6.33. The Morgan fingerprint density at radius 1 is 1.45 bits per heavy atom. The summed E-state index contributed by atoms with van der Waals surface area (Å²) in [5.74, 6) is 0.254. The molecule has 0 saturated carbocycles. The topological polar surface area (TPSA) is 66.5 Å². The van der Waals surface area contributed by atoms with Gasteiger partial charge in [-0.05, 0) is 37.5 Å². The number of hydrogen-bond donors (Lipinski definition) is 3. The molecular formula is C8H13NO2. The van der Waals surface area contributed by atoms with Gasteiger partial charge in [-0.15, -0.1) is 0 Å². The third kappa shape index (κ3) is 1.98. The molecule has 4 N–H and O–H groups in total. The van der Waals surface area contributed by atoms with Crippen molar-refractivity contribution in [2.24, 2.45) is 11.7 Å². The van der Waals surface area contributed by atoms with E-state index >= 15 is 0 Å². The van der Waals surface area contributed by atoms with Crippen molar-refractivity contribution in [2.45, 2.75) is 12.8 Å². The lowest BCUT2D eigenvalue weighted by atomic mass is 9.96. The van der Waals surface area contributed by atoms with E-state index < -0.39 is 0 Å². The van der Waals surface area contributed by atoms with Gasteiger partial charge in [-0.1, -0.05) is 0 Å². The van der Waals surface area contributed by atoms with Crippen LogP contribution < -0.4 is 5.73 Å². The molecule has 0 saturated heterocycles. The quantitative estimate of drug-likeness (QED) is 0.562. The van der Waals surface area contributed by atoms with Crippen molar-refractivity contribution in [3.8, 4) is 0 Å². The lowest BCUT2D eigenvalue weighted by Crippen LogP contribution is -2.10. The molecule has 62 valence electrons. The monoisotopic (exact) mass is 155 g/mol. The average Bonchev–Trinajstić information content (AvgIpc) is 1.98. The minimum absolute atomic E-state index is 0.0155. The van der Waals surface area contributed by atoms with Crippen LogP contribution in [0.25, 0.3) is 0 Å². The maximum absolute atomic E-state index is 9.08. The molecular weight excluding hydrogens is 142 g/mol. The number of allylic oxidation sites excluding steroid dienone is 2. The number of aliphatic hydroxyl groups is 2. The van der Waals surface area contributed by atoms with Crippen LogP contribution in [0.15, 0.2) is 23.7 Å². The van der Waals surface area contributed by atoms with E-state index in [1.807, 2.05) is 0 Å². The first kappa shape index (κ1) is 8.14. The minimum atomic E-state index is -0.0188. The van der Waals surface area contributed by atoms with E-state index in [1.165, 1.54) is 0 Å². The fourth-order valence-electron chi connectivity index (χ4n) is 1.16. The summed E-state index contributed by atoms with van der Waals surface area (Å²) in [6.45, 7) is 0.614. The van der Waals surface area contributed by atoms with Gasteiger partial charge in [-0.3, -0.25) is 0 Å². The van der Waals surface area contributed by atoms with E-state index in [9.17, 15) is 0 Å². The molecule has 0 fully saturated rings. The molecule has 0 heterocycles. The molecule has 0 aromatic heterocycles. The first-order valence-corrected chi connectivity index (χ1v) is 3.74. The van der Waals surface area contributed by atoms with Crippen molar-refractivity contribution >= 4 is 0 Å². The largest absolute Gasteiger partial charge is 0.504 e. The molecule has 11 heavy (non-hydrogen) atoms. The lowest BCUT2D eigenvalue weighted by Gasteiger charge is -2.14. The van der Waals surface area contributed by atoms with Crippen molar-refractivity contribution in [3.63, 3.8) is 0 Å². The highest BCUT2D eigenvalue weighted by atomic mass is 16.3. The van der Waals surface area contributed by atoms with Gasteiger partial charge in [0.2, 0.25) is 0 Å². The van der Waals surface area contributed by atoms with Crippen molar-refractivity contribution in [1.29, 1.82) is 0 Å². The highest BCUT2D eigenvalue weighted by Crippen LogP contribution is 2.21. The number of aliphatic hydroxyl groups excluding tert-OH is 2. The van der Waals surface area contributed by atoms with E-state index in [-0.39, 0.29) is 17.4 Å².